The summed E-state index contributed by atoms with van der Waals surface area (Å²) in [6.45, 7) is -1.76. The van der Waals surface area contributed by atoms with Crippen molar-refractivity contribution in [2.75, 3.05) is 11.4 Å². The first-order valence-corrected chi connectivity index (χ1v) is 11.8. The summed E-state index contributed by atoms with van der Waals surface area (Å²) in [5.74, 6) is -5.32. The second-order valence-corrected chi connectivity index (χ2v) is 9.47. The van der Waals surface area contributed by atoms with Gasteiger partial charge in [-0.2, -0.15) is 48.3 Å². The molecule has 0 fully saturated rings. The first kappa shape index (κ1) is 31.3. The molecule has 0 bridgehead atoms. The normalized spacial score (nSPS) is 13.7. The van der Waals surface area contributed by atoms with Crippen LogP contribution in [0.1, 0.15) is 11.1 Å². The fourth-order valence-corrected chi connectivity index (χ4v) is 4.03. The summed E-state index contributed by atoms with van der Waals surface area (Å²) in [5, 5.41) is 9.65. The van der Waals surface area contributed by atoms with Crippen molar-refractivity contribution in [1.29, 1.82) is 0 Å². The summed E-state index contributed by atoms with van der Waals surface area (Å²) in [7, 11) is 0. The maximum Gasteiger partial charge on any atom is 0.458 e. The number of thioether (sulfide) groups is 1. The Balaban J connectivity index is 1.92. The Morgan fingerprint density at radius 2 is 1.35 bits per heavy atom. The van der Waals surface area contributed by atoms with Crippen LogP contribution in [-0.2, 0) is 12.5 Å². The molecule has 218 valence electrons. The van der Waals surface area contributed by atoms with E-state index >= 15 is 0 Å². The lowest BCUT2D eigenvalue weighted by atomic mass is 10.0. The summed E-state index contributed by atoms with van der Waals surface area (Å²) >= 11 is -0.398. The van der Waals surface area contributed by atoms with E-state index in [1.54, 1.807) is 0 Å². The number of hydrogen-bond acceptors (Lipinski definition) is 4. The lowest BCUT2D eigenvalue weighted by Gasteiger charge is -2.29. The van der Waals surface area contributed by atoms with E-state index in [4.69, 9.17) is 4.74 Å². The van der Waals surface area contributed by atoms with Crippen molar-refractivity contribution >= 4 is 17.4 Å². The van der Waals surface area contributed by atoms with Gasteiger partial charge in [0.2, 0.25) is 0 Å². The molecular formula is C25H18F11NO2S. The SMILES string of the molecule is OC(CN(Cc1cccc(C(F)(F)C(F)(F)F)c1)c1cccc(Oc2cccc(SC(F)(F)F)c2)c1)C(F)(F)F. The molecule has 0 heterocycles. The highest BCUT2D eigenvalue weighted by molar-refractivity contribution is 8.00. The Hall–Kier alpha value is -3.20. The van der Waals surface area contributed by atoms with Crippen LogP contribution in [0.5, 0.6) is 11.5 Å². The third kappa shape index (κ3) is 8.40. The monoisotopic (exact) mass is 605 g/mol. The van der Waals surface area contributed by atoms with E-state index in [9.17, 15) is 53.4 Å². The van der Waals surface area contributed by atoms with Crippen LogP contribution < -0.4 is 9.64 Å². The molecule has 1 N–H and O–H groups in total. The average Bonchev–Trinajstić information content (AvgIpc) is 2.82. The van der Waals surface area contributed by atoms with Gasteiger partial charge in [-0.3, -0.25) is 0 Å². The van der Waals surface area contributed by atoms with E-state index in [2.05, 4.69) is 0 Å². The molecule has 0 aliphatic carbocycles. The minimum atomic E-state index is -5.92. The van der Waals surface area contributed by atoms with Crippen LogP contribution in [-0.4, -0.2) is 35.6 Å². The summed E-state index contributed by atoms with van der Waals surface area (Å²) < 4.78 is 149. The number of nitrogens with zero attached hydrogens (tertiary/aromatic N) is 1. The van der Waals surface area contributed by atoms with Crippen molar-refractivity contribution in [3.63, 3.8) is 0 Å². The van der Waals surface area contributed by atoms with Gasteiger partial charge >= 0.3 is 23.8 Å². The topological polar surface area (TPSA) is 32.7 Å². The van der Waals surface area contributed by atoms with Crippen LogP contribution in [0.4, 0.5) is 54.0 Å². The maximum absolute atomic E-state index is 13.8. The molecule has 0 aliphatic rings. The van der Waals surface area contributed by atoms with Crippen molar-refractivity contribution in [3.05, 3.63) is 83.9 Å². The molecule has 0 saturated carbocycles. The molecule has 0 saturated heterocycles. The van der Waals surface area contributed by atoms with E-state index in [0.717, 1.165) is 23.1 Å². The van der Waals surface area contributed by atoms with Gasteiger partial charge in [-0.25, -0.2) is 0 Å². The fraction of sp³-hybridized carbons (Fsp3) is 0.280. The number of alkyl halides is 11. The Labute approximate surface area is 224 Å². The number of aliphatic hydroxyl groups excluding tert-OH is 1. The van der Waals surface area contributed by atoms with Gasteiger partial charge in [-0.05, 0) is 53.7 Å². The fourth-order valence-electron chi connectivity index (χ4n) is 3.44. The second-order valence-electron chi connectivity index (χ2n) is 8.33. The van der Waals surface area contributed by atoms with Crippen molar-refractivity contribution in [3.8, 4) is 11.5 Å². The number of halogens is 11. The quantitative estimate of drug-likeness (QED) is 0.196. The second kappa shape index (κ2) is 11.7. The van der Waals surface area contributed by atoms with Gasteiger partial charge in [0.05, 0.1) is 6.54 Å². The predicted octanol–water partition coefficient (Wildman–Crippen LogP) is 8.67. The Kier molecular flexibility index (Phi) is 9.19. The molecule has 3 rings (SSSR count). The molecular weight excluding hydrogens is 587 g/mol. The number of ether oxygens (including phenoxy) is 1. The summed E-state index contributed by atoms with van der Waals surface area (Å²) in [6, 6.07) is 12.9. The number of benzene rings is 3. The highest BCUT2D eigenvalue weighted by Crippen LogP contribution is 2.44. The predicted molar refractivity (Wildman–Crippen MR) is 124 cm³/mol. The van der Waals surface area contributed by atoms with Crippen molar-refractivity contribution in [2.45, 2.75) is 41.3 Å². The Morgan fingerprint density at radius 1 is 0.750 bits per heavy atom. The van der Waals surface area contributed by atoms with Crippen molar-refractivity contribution < 1.29 is 58.1 Å². The van der Waals surface area contributed by atoms with Crippen LogP contribution in [0.15, 0.2) is 77.7 Å². The van der Waals surface area contributed by atoms with Crippen LogP contribution in [0.25, 0.3) is 0 Å². The zero-order valence-corrected chi connectivity index (χ0v) is 20.6. The molecule has 40 heavy (non-hydrogen) atoms. The molecule has 15 heteroatoms. The minimum Gasteiger partial charge on any atom is -0.457 e. The average molecular weight is 605 g/mol. The van der Waals surface area contributed by atoms with Gasteiger partial charge in [0.1, 0.15) is 11.5 Å². The molecule has 1 atom stereocenters. The van der Waals surface area contributed by atoms with E-state index in [0.29, 0.717) is 12.1 Å². The number of anilines is 1. The van der Waals surface area contributed by atoms with Gasteiger partial charge in [0.15, 0.2) is 6.10 Å². The highest BCUT2D eigenvalue weighted by Gasteiger charge is 2.58. The summed E-state index contributed by atoms with van der Waals surface area (Å²) in [4.78, 5) is 0.679. The number of hydrogen-bond donors (Lipinski definition) is 1. The van der Waals surface area contributed by atoms with E-state index in [1.807, 2.05) is 0 Å². The Morgan fingerprint density at radius 3 is 1.95 bits per heavy atom. The van der Waals surface area contributed by atoms with Crippen LogP contribution >= 0.6 is 11.8 Å². The number of rotatable bonds is 9. The van der Waals surface area contributed by atoms with Crippen LogP contribution in [0.3, 0.4) is 0 Å². The van der Waals surface area contributed by atoms with Gasteiger partial charge < -0.3 is 14.7 Å². The van der Waals surface area contributed by atoms with Gasteiger partial charge in [0.25, 0.3) is 0 Å². The maximum atomic E-state index is 13.8. The minimum absolute atomic E-state index is 0.0458. The molecule has 3 aromatic carbocycles. The zero-order chi connectivity index (χ0) is 29.9. The molecule has 0 aliphatic heterocycles. The first-order valence-electron chi connectivity index (χ1n) is 11.0. The van der Waals surface area contributed by atoms with E-state index < -0.39 is 60.3 Å². The Bertz CT molecular complexity index is 1290. The molecule has 0 aromatic heterocycles. The lowest BCUT2D eigenvalue weighted by Crippen LogP contribution is -2.41. The molecule has 0 spiro atoms. The van der Waals surface area contributed by atoms with Crippen LogP contribution in [0.2, 0.25) is 0 Å². The summed E-state index contributed by atoms with van der Waals surface area (Å²) in [6.07, 6.45) is -13.9. The lowest BCUT2D eigenvalue weighted by molar-refractivity contribution is -0.289. The van der Waals surface area contributed by atoms with Gasteiger partial charge in [-0.15, -0.1) is 0 Å². The number of aliphatic hydroxyl groups is 1. The third-order valence-corrected chi connectivity index (χ3v) is 5.97. The molecule has 0 radical (unpaired) electrons. The summed E-state index contributed by atoms with van der Waals surface area (Å²) in [5.41, 5.74) is -6.28. The molecule has 0 amide bonds. The smallest absolute Gasteiger partial charge is 0.457 e. The van der Waals surface area contributed by atoms with Gasteiger partial charge in [0, 0.05) is 28.8 Å². The van der Waals surface area contributed by atoms with Crippen molar-refractivity contribution in [1.82, 2.24) is 0 Å². The highest BCUT2D eigenvalue weighted by atomic mass is 32.2. The standard InChI is InChI=1S/C25H18F11NO2S/c26-22(27,24(31,32)33)16-5-1-4-15(10-16)13-37(14-21(38)23(28,29)30)17-6-2-7-18(11-17)39-19-8-3-9-20(12-19)40-25(34,35)36/h1-12,21,38H,13-14H2. The largest absolute Gasteiger partial charge is 0.458 e. The molecule has 3 nitrogen and oxygen atoms in total. The molecule has 3 aromatic rings. The molecule has 1 unspecified atom stereocenters. The third-order valence-electron chi connectivity index (χ3n) is 5.25. The van der Waals surface area contributed by atoms with E-state index in [1.165, 1.54) is 42.5 Å². The van der Waals surface area contributed by atoms with Crippen molar-refractivity contribution in [2.24, 2.45) is 0 Å². The van der Waals surface area contributed by atoms with E-state index in [-0.39, 0.29) is 27.6 Å². The van der Waals surface area contributed by atoms with Crippen LogP contribution in [0, 0.1) is 0 Å². The first-order chi connectivity index (χ1) is 18.3. The zero-order valence-electron chi connectivity index (χ0n) is 19.8. The van der Waals surface area contributed by atoms with Gasteiger partial charge in [-0.1, -0.05) is 30.3 Å².